The van der Waals surface area contributed by atoms with Crippen molar-refractivity contribution in [3.05, 3.63) is 48.0 Å². The van der Waals surface area contributed by atoms with E-state index in [0.717, 1.165) is 17.7 Å². The largest absolute Gasteiger partial charge is 0.380 e. The Kier molecular flexibility index (Phi) is 5.77. The fourth-order valence-electron chi connectivity index (χ4n) is 3.62. The van der Waals surface area contributed by atoms with Crippen molar-refractivity contribution in [2.24, 2.45) is 0 Å². The lowest BCUT2D eigenvalue weighted by molar-refractivity contribution is -0.157. The van der Waals surface area contributed by atoms with Gasteiger partial charge < -0.3 is 20.0 Å². The van der Waals surface area contributed by atoms with E-state index in [1.807, 2.05) is 12.1 Å². The quantitative estimate of drug-likeness (QED) is 0.851. The third kappa shape index (κ3) is 4.12. The zero-order valence-electron chi connectivity index (χ0n) is 15.7. The van der Waals surface area contributed by atoms with Gasteiger partial charge in [-0.1, -0.05) is 42.5 Å². The van der Waals surface area contributed by atoms with E-state index in [9.17, 15) is 19.8 Å². The number of aliphatic hydroxyl groups excluding tert-OH is 2. The van der Waals surface area contributed by atoms with Gasteiger partial charge in [-0.2, -0.15) is 0 Å². The predicted octanol–water partition coefficient (Wildman–Crippen LogP) is 1.36. The van der Waals surface area contributed by atoms with E-state index in [4.69, 9.17) is 0 Å². The van der Waals surface area contributed by atoms with Crippen molar-refractivity contribution >= 4 is 22.6 Å². The number of hydrogen-bond acceptors (Lipinski definition) is 4. The van der Waals surface area contributed by atoms with Crippen LogP contribution in [-0.4, -0.2) is 71.2 Å². The number of carbonyl (C=O) groups excluding carboxylic acids is 2. The van der Waals surface area contributed by atoms with E-state index in [0.29, 0.717) is 19.0 Å². The van der Waals surface area contributed by atoms with Gasteiger partial charge in [0.05, 0.1) is 0 Å². The molecule has 144 valence electrons. The molecule has 1 unspecified atom stereocenters. The van der Waals surface area contributed by atoms with Gasteiger partial charge in [0, 0.05) is 27.2 Å². The van der Waals surface area contributed by atoms with Gasteiger partial charge in [-0.3, -0.25) is 9.59 Å². The average molecular weight is 370 g/mol. The molecule has 6 heteroatoms. The first kappa shape index (κ1) is 19.3. The zero-order valence-corrected chi connectivity index (χ0v) is 15.7. The average Bonchev–Trinajstić information content (AvgIpc) is 2.71. The molecule has 0 saturated carbocycles. The Bertz CT molecular complexity index is 828. The second-order valence-corrected chi connectivity index (χ2v) is 7.33. The van der Waals surface area contributed by atoms with Crippen LogP contribution in [-0.2, 0) is 9.59 Å². The lowest BCUT2D eigenvalue weighted by Crippen LogP contribution is -2.51. The molecule has 2 aromatic carbocycles. The minimum Gasteiger partial charge on any atom is -0.380 e. The van der Waals surface area contributed by atoms with Gasteiger partial charge in [0.2, 0.25) is 0 Å². The molecule has 0 spiro atoms. The van der Waals surface area contributed by atoms with Gasteiger partial charge in [0.25, 0.3) is 11.8 Å². The fraction of sp³-hybridized carbons (Fsp3) is 0.429. The Morgan fingerprint density at radius 3 is 2.26 bits per heavy atom. The predicted molar refractivity (Wildman–Crippen MR) is 103 cm³/mol. The number of piperidine rings is 1. The van der Waals surface area contributed by atoms with Gasteiger partial charge >= 0.3 is 0 Å². The maximum Gasteiger partial charge on any atom is 0.254 e. The van der Waals surface area contributed by atoms with Crippen LogP contribution in [0.15, 0.2) is 42.5 Å². The molecule has 0 radical (unpaired) electrons. The number of aliphatic hydroxyl groups is 2. The molecule has 0 aliphatic carbocycles. The molecular weight excluding hydrogens is 344 g/mol. The highest BCUT2D eigenvalue weighted by molar-refractivity contribution is 5.90. The van der Waals surface area contributed by atoms with Crippen LogP contribution in [0.3, 0.4) is 0 Å². The number of nitrogens with zero attached hydrogens (tertiary/aromatic N) is 2. The second-order valence-electron chi connectivity index (χ2n) is 7.33. The van der Waals surface area contributed by atoms with E-state index < -0.39 is 24.0 Å². The van der Waals surface area contributed by atoms with Gasteiger partial charge in [0.1, 0.15) is 0 Å². The molecule has 1 aliphatic heterocycles. The van der Waals surface area contributed by atoms with E-state index in [1.165, 1.54) is 35.3 Å². The van der Waals surface area contributed by atoms with Gasteiger partial charge in [-0.25, -0.2) is 0 Å². The maximum absolute atomic E-state index is 12.4. The highest BCUT2D eigenvalue weighted by Crippen LogP contribution is 2.30. The summed E-state index contributed by atoms with van der Waals surface area (Å²) in [5.41, 5.74) is 1.25. The van der Waals surface area contributed by atoms with Crippen molar-refractivity contribution in [2.75, 3.05) is 27.2 Å². The molecule has 0 bridgehead atoms. The number of hydrogen-bond donors (Lipinski definition) is 2. The summed E-state index contributed by atoms with van der Waals surface area (Å²) in [5.74, 6) is -0.916. The Morgan fingerprint density at radius 1 is 1.00 bits per heavy atom. The van der Waals surface area contributed by atoms with Crippen LogP contribution in [0.25, 0.3) is 10.8 Å². The number of likely N-dealkylation sites (N-methyl/N-ethyl adjacent to an activating group) is 1. The number of amides is 2. The Hall–Kier alpha value is -2.44. The van der Waals surface area contributed by atoms with Crippen LogP contribution in [0.4, 0.5) is 0 Å². The molecule has 1 saturated heterocycles. The van der Waals surface area contributed by atoms with E-state index in [1.54, 1.807) is 0 Å². The number of likely N-dealkylation sites (tertiary alicyclic amines) is 1. The molecule has 6 nitrogen and oxygen atoms in total. The highest BCUT2D eigenvalue weighted by Gasteiger charge is 2.35. The van der Waals surface area contributed by atoms with Crippen molar-refractivity contribution in [3.63, 3.8) is 0 Å². The molecule has 2 N–H and O–H groups in total. The molecule has 2 atom stereocenters. The van der Waals surface area contributed by atoms with Crippen LogP contribution in [0.5, 0.6) is 0 Å². The van der Waals surface area contributed by atoms with Crippen molar-refractivity contribution in [2.45, 2.75) is 31.0 Å². The first-order chi connectivity index (χ1) is 12.9. The molecule has 0 aromatic heterocycles. The van der Waals surface area contributed by atoms with Gasteiger partial charge in [0.15, 0.2) is 12.2 Å². The topological polar surface area (TPSA) is 81.1 Å². The van der Waals surface area contributed by atoms with Crippen molar-refractivity contribution in [1.82, 2.24) is 9.80 Å². The van der Waals surface area contributed by atoms with Crippen LogP contribution in [0.2, 0.25) is 0 Å². The summed E-state index contributed by atoms with van der Waals surface area (Å²) in [5, 5.41) is 22.4. The third-order valence-electron chi connectivity index (χ3n) is 5.30. The smallest absolute Gasteiger partial charge is 0.254 e. The molecule has 3 rings (SSSR count). The summed E-state index contributed by atoms with van der Waals surface area (Å²) < 4.78 is 0. The summed E-state index contributed by atoms with van der Waals surface area (Å²) in [6.45, 7) is 0.993. The van der Waals surface area contributed by atoms with Crippen molar-refractivity contribution in [1.29, 1.82) is 0 Å². The minimum absolute atomic E-state index is 0.351. The summed E-state index contributed by atoms with van der Waals surface area (Å²) in [6.07, 6.45) is -1.88. The summed E-state index contributed by atoms with van der Waals surface area (Å²) in [4.78, 5) is 26.9. The highest BCUT2D eigenvalue weighted by atomic mass is 16.3. The Morgan fingerprint density at radius 2 is 1.63 bits per heavy atom. The first-order valence-electron chi connectivity index (χ1n) is 9.23. The molecule has 27 heavy (non-hydrogen) atoms. The van der Waals surface area contributed by atoms with Crippen molar-refractivity contribution in [3.8, 4) is 0 Å². The lowest BCUT2D eigenvalue weighted by atomic mass is 9.88. The third-order valence-corrected chi connectivity index (χ3v) is 5.30. The van der Waals surface area contributed by atoms with Crippen molar-refractivity contribution < 1.29 is 19.8 Å². The molecule has 1 aliphatic rings. The number of carbonyl (C=O) groups is 2. The lowest BCUT2D eigenvalue weighted by Gasteiger charge is -2.34. The molecule has 1 fully saturated rings. The SMILES string of the molecule is CN(C)C(=O)C(O)[C@@H](O)C(=O)N1CCC(c2ccc3ccccc3c2)CC1. The monoisotopic (exact) mass is 370 g/mol. The van der Waals surface area contributed by atoms with Gasteiger partial charge in [-0.05, 0) is 35.1 Å². The molecule has 2 amide bonds. The number of rotatable bonds is 4. The maximum atomic E-state index is 12.4. The molecule has 2 aromatic rings. The van der Waals surface area contributed by atoms with Crippen LogP contribution in [0, 0.1) is 0 Å². The van der Waals surface area contributed by atoms with Crippen LogP contribution >= 0.6 is 0 Å². The Balaban J connectivity index is 1.62. The normalized spacial score (nSPS) is 17.6. The second kappa shape index (κ2) is 8.06. The first-order valence-corrected chi connectivity index (χ1v) is 9.23. The van der Waals surface area contributed by atoms with Gasteiger partial charge in [-0.15, -0.1) is 0 Å². The summed E-state index contributed by atoms with van der Waals surface area (Å²) in [6, 6.07) is 14.7. The number of fused-ring (bicyclic) bond motifs is 1. The molecular formula is C21H26N2O4. The fourth-order valence-corrected chi connectivity index (χ4v) is 3.62. The van der Waals surface area contributed by atoms with E-state index in [-0.39, 0.29) is 0 Å². The van der Waals surface area contributed by atoms with Crippen LogP contribution < -0.4 is 0 Å². The Labute approximate surface area is 159 Å². The zero-order chi connectivity index (χ0) is 19.6. The summed E-state index contributed by atoms with van der Waals surface area (Å²) in [7, 11) is 2.94. The number of benzene rings is 2. The van der Waals surface area contributed by atoms with Crippen LogP contribution in [0.1, 0.15) is 24.3 Å². The summed E-state index contributed by atoms with van der Waals surface area (Å²) >= 11 is 0. The standard InChI is InChI=1S/C21H26N2O4/c1-22(2)20(26)18(24)19(25)21(27)23-11-9-15(10-12-23)17-8-7-14-5-3-4-6-16(14)13-17/h3-8,13,15,18-19,24-25H,9-12H2,1-2H3/t18?,19-/m1/s1. The van der Waals surface area contributed by atoms with E-state index >= 15 is 0 Å². The molecule has 1 heterocycles. The minimum atomic E-state index is -1.73. The van der Waals surface area contributed by atoms with E-state index in [2.05, 4.69) is 30.3 Å².